The molecule has 0 radical (unpaired) electrons. The summed E-state index contributed by atoms with van der Waals surface area (Å²) in [6, 6.07) is 0. The summed E-state index contributed by atoms with van der Waals surface area (Å²) in [6.07, 6.45) is 8.76. The van der Waals surface area contributed by atoms with Crippen molar-refractivity contribution < 1.29 is 32.0 Å². The van der Waals surface area contributed by atoms with Crippen LogP contribution in [-0.2, 0) is 32.0 Å². The van der Waals surface area contributed by atoms with Crippen LogP contribution in [0, 0.1) is 0 Å². The van der Waals surface area contributed by atoms with Gasteiger partial charge in [-0.2, -0.15) is 0 Å². The van der Waals surface area contributed by atoms with Gasteiger partial charge >= 0.3 is 22.4 Å². The first-order valence-electron chi connectivity index (χ1n) is 12.6. The molecule has 32 heavy (non-hydrogen) atoms. The molecule has 0 aliphatic carbocycles. The molecular weight excluding hydrogens is 496 g/mol. The molecule has 7 heteroatoms. The molecule has 4 aliphatic rings. The van der Waals surface area contributed by atoms with Gasteiger partial charge in [-0.3, -0.25) is 9.59 Å². The third-order valence-electron chi connectivity index (χ3n) is 6.60. The van der Waals surface area contributed by atoms with Crippen LogP contribution in [0.3, 0.4) is 0 Å². The Kier molecular flexibility index (Phi) is 14.1. The van der Waals surface area contributed by atoms with E-state index in [1.165, 1.54) is 50.2 Å². The largest absolute Gasteiger partial charge is 1.00 e. The zero-order chi connectivity index (χ0) is 22.6. The second-order valence-electron chi connectivity index (χ2n) is 8.54. The maximum Gasteiger partial charge on any atom is 1.00 e. The predicted octanol–water partition coefficient (Wildman–Crippen LogP) is 3.84. The molecule has 0 aromatic carbocycles. The number of allylic oxidation sites excluding steroid dienone is 1. The minimum absolute atomic E-state index is 0. The van der Waals surface area contributed by atoms with Gasteiger partial charge < -0.3 is 19.6 Å². The molecule has 4 heterocycles. The standard InChI is InChI=1S/C13H22N2.2C6H11NO.Ag/c1-3-14-9-5-7-12(14)11-13-8-6-10-15(13)4-2;2*1-2-7-5-3-4-6(7)8;/h3-10H2,1-2H3;2*2-5H2,1H3;/q;;;+1. The second kappa shape index (κ2) is 15.6. The molecule has 4 aliphatic heterocycles. The average Bonchev–Trinajstić information content (AvgIpc) is 3.57. The van der Waals surface area contributed by atoms with Crippen LogP contribution in [-0.4, -0.2) is 83.8 Å². The first kappa shape index (κ1) is 28.8. The third kappa shape index (κ3) is 8.63. The molecule has 0 bridgehead atoms. The van der Waals surface area contributed by atoms with E-state index in [1.807, 2.05) is 23.6 Å². The van der Waals surface area contributed by atoms with Gasteiger partial charge in [-0.1, -0.05) is 5.73 Å². The van der Waals surface area contributed by atoms with E-state index in [4.69, 9.17) is 0 Å². The molecule has 4 saturated heterocycles. The van der Waals surface area contributed by atoms with Gasteiger partial charge in [-0.05, 0) is 66.2 Å². The first-order valence-corrected chi connectivity index (χ1v) is 12.6. The number of hydrogen-bond donors (Lipinski definition) is 0. The summed E-state index contributed by atoms with van der Waals surface area (Å²) in [5.41, 5.74) is 6.57. The van der Waals surface area contributed by atoms with E-state index >= 15 is 0 Å². The molecule has 0 atom stereocenters. The van der Waals surface area contributed by atoms with Gasteiger partial charge in [0, 0.05) is 65.2 Å². The first-order chi connectivity index (χ1) is 15.0. The summed E-state index contributed by atoms with van der Waals surface area (Å²) in [4.78, 5) is 30.2. The number of rotatable bonds is 4. The van der Waals surface area contributed by atoms with Crippen molar-refractivity contribution in [3.63, 3.8) is 0 Å². The Morgan fingerprint density at radius 3 is 1.12 bits per heavy atom. The van der Waals surface area contributed by atoms with E-state index in [-0.39, 0.29) is 22.4 Å². The van der Waals surface area contributed by atoms with Gasteiger partial charge in [-0.25, -0.2) is 0 Å². The number of carbonyl (C=O) groups excluding carboxylic acids is 2. The minimum Gasteiger partial charge on any atom is -0.369 e. The van der Waals surface area contributed by atoms with E-state index in [2.05, 4.69) is 29.4 Å². The van der Waals surface area contributed by atoms with Crippen molar-refractivity contribution in [1.29, 1.82) is 0 Å². The van der Waals surface area contributed by atoms with Crippen molar-refractivity contribution in [2.75, 3.05) is 52.4 Å². The quantitative estimate of drug-likeness (QED) is 0.402. The second-order valence-corrected chi connectivity index (χ2v) is 8.54. The van der Waals surface area contributed by atoms with Crippen LogP contribution in [0.25, 0.3) is 0 Å². The molecule has 0 aromatic rings. The molecule has 186 valence electrons. The van der Waals surface area contributed by atoms with Crippen molar-refractivity contribution in [3.05, 3.63) is 17.1 Å². The van der Waals surface area contributed by atoms with Gasteiger partial charge in [0.05, 0.1) is 11.4 Å². The fourth-order valence-corrected chi connectivity index (χ4v) is 4.69. The van der Waals surface area contributed by atoms with Crippen LogP contribution in [0.1, 0.15) is 79.1 Å². The van der Waals surface area contributed by atoms with E-state index in [0.29, 0.717) is 11.8 Å². The van der Waals surface area contributed by atoms with Crippen LogP contribution in [0.5, 0.6) is 0 Å². The molecule has 0 aromatic heterocycles. The normalized spacial score (nSPS) is 20.1. The van der Waals surface area contributed by atoms with Crippen LogP contribution >= 0.6 is 0 Å². The van der Waals surface area contributed by atoms with Crippen LogP contribution in [0.2, 0.25) is 0 Å². The number of likely N-dealkylation sites (tertiary alicyclic amines) is 4. The van der Waals surface area contributed by atoms with Crippen molar-refractivity contribution in [2.24, 2.45) is 0 Å². The average molecular weight is 541 g/mol. The number of nitrogens with zero attached hydrogens (tertiary/aromatic N) is 4. The number of amides is 2. The Balaban J connectivity index is 0.000000257. The van der Waals surface area contributed by atoms with E-state index in [9.17, 15) is 9.59 Å². The Morgan fingerprint density at radius 2 is 0.875 bits per heavy atom. The molecule has 0 N–H and O–H groups in total. The molecule has 4 rings (SSSR count). The molecule has 0 spiro atoms. The molecule has 2 amide bonds. The molecule has 4 fully saturated rings. The Bertz CT molecular complexity index is 608. The Hall–Kier alpha value is -1.20. The van der Waals surface area contributed by atoms with Crippen LogP contribution < -0.4 is 0 Å². The van der Waals surface area contributed by atoms with Crippen molar-refractivity contribution in [1.82, 2.24) is 19.6 Å². The topological polar surface area (TPSA) is 47.1 Å². The minimum atomic E-state index is 0. The molecular formula is C25H44AgN4O2+. The van der Waals surface area contributed by atoms with E-state index in [0.717, 1.165) is 65.0 Å². The fraction of sp³-hybridized carbons (Fsp3) is 0.800. The monoisotopic (exact) mass is 539 g/mol. The fourth-order valence-electron chi connectivity index (χ4n) is 4.69. The SMILES string of the molecule is CCN1CCCC1=C=C1CCCN1CC.CCN1CCCC1=O.CCN1CCCC1=O.[Ag+]. The number of carbonyl (C=O) groups is 2. The van der Waals surface area contributed by atoms with Crippen molar-refractivity contribution in [3.8, 4) is 0 Å². The third-order valence-corrected chi connectivity index (χ3v) is 6.60. The van der Waals surface area contributed by atoms with Crippen molar-refractivity contribution >= 4 is 11.8 Å². The number of hydrogen-bond acceptors (Lipinski definition) is 4. The Morgan fingerprint density at radius 1 is 0.562 bits per heavy atom. The van der Waals surface area contributed by atoms with Crippen LogP contribution in [0.15, 0.2) is 17.1 Å². The molecule has 0 saturated carbocycles. The van der Waals surface area contributed by atoms with Gasteiger partial charge in [0.2, 0.25) is 11.8 Å². The zero-order valence-electron chi connectivity index (χ0n) is 20.7. The van der Waals surface area contributed by atoms with Gasteiger partial charge in [0.1, 0.15) is 0 Å². The van der Waals surface area contributed by atoms with E-state index < -0.39 is 0 Å². The predicted molar refractivity (Wildman–Crippen MR) is 126 cm³/mol. The maximum absolute atomic E-state index is 10.7. The summed E-state index contributed by atoms with van der Waals surface area (Å²) in [6.45, 7) is 17.0. The summed E-state index contributed by atoms with van der Waals surface area (Å²) in [5.74, 6) is 0.653. The maximum atomic E-state index is 10.7. The molecule has 6 nitrogen and oxygen atoms in total. The Labute approximate surface area is 211 Å². The van der Waals surface area contributed by atoms with E-state index in [1.54, 1.807) is 0 Å². The van der Waals surface area contributed by atoms with Gasteiger partial charge in [-0.15, -0.1) is 0 Å². The van der Waals surface area contributed by atoms with Gasteiger partial charge in [0.15, 0.2) is 0 Å². The molecule has 0 unspecified atom stereocenters. The van der Waals surface area contributed by atoms with Crippen LogP contribution in [0.4, 0.5) is 0 Å². The zero-order valence-corrected chi connectivity index (χ0v) is 22.2. The summed E-state index contributed by atoms with van der Waals surface area (Å²) in [5, 5.41) is 0. The van der Waals surface area contributed by atoms with Gasteiger partial charge in [0.25, 0.3) is 0 Å². The van der Waals surface area contributed by atoms with Crippen molar-refractivity contribution in [2.45, 2.75) is 79.1 Å². The summed E-state index contributed by atoms with van der Waals surface area (Å²) >= 11 is 0. The summed E-state index contributed by atoms with van der Waals surface area (Å²) in [7, 11) is 0. The summed E-state index contributed by atoms with van der Waals surface area (Å²) < 4.78 is 0. The smallest absolute Gasteiger partial charge is 0.369 e.